The lowest BCUT2D eigenvalue weighted by Gasteiger charge is -2.37. The summed E-state index contributed by atoms with van der Waals surface area (Å²) in [5, 5.41) is 0. The molecule has 0 radical (unpaired) electrons. The molecule has 1 aliphatic heterocycles. The second-order valence-electron chi connectivity index (χ2n) is 4.66. The van der Waals surface area contributed by atoms with Gasteiger partial charge in [0.1, 0.15) is 0 Å². The van der Waals surface area contributed by atoms with Crippen molar-refractivity contribution in [1.82, 2.24) is 0 Å². The molecular formula is C12H19BO4. The number of esters is 1. The molecule has 0 aromatic carbocycles. The van der Waals surface area contributed by atoms with Gasteiger partial charge < -0.3 is 14.0 Å². The maximum absolute atomic E-state index is 10.8. The number of methoxy groups -OCH3 is 1. The Bertz CT molecular complexity index is 322. The van der Waals surface area contributed by atoms with E-state index in [1.807, 2.05) is 20.8 Å². The van der Waals surface area contributed by atoms with Gasteiger partial charge in [0.2, 0.25) is 0 Å². The van der Waals surface area contributed by atoms with Gasteiger partial charge in [0, 0.05) is 12.2 Å². The summed E-state index contributed by atoms with van der Waals surface area (Å²) in [6.45, 7) is 6.10. The lowest BCUT2D eigenvalue weighted by atomic mass is 9.82. The highest BCUT2D eigenvalue weighted by Gasteiger charge is 2.35. The Kier molecular flexibility index (Phi) is 4.96. The fourth-order valence-electron chi connectivity index (χ4n) is 1.80. The molecule has 0 N–H and O–H groups in total. The summed E-state index contributed by atoms with van der Waals surface area (Å²) in [5.41, 5.74) is -0.182. The zero-order valence-corrected chi connectivity index (χ0v) is 10.8. The normalized spacial score (nSPS) is 24.5. The molecule has 1 rings (SSSR count). The minimum Gasteiger partial charge on any atom is -0.466 e. The fraction of sp³-hybridized carbons (Fsp3) is 0.583. The Hall–Kier alpha value is -1.07. The average molecular weight is 238 g/mol. The Morgan fingerprint density at radius 3 is 2.76 bits per heavy atom. The smallest absolute Gasteiger partial charge is 0.466 e. The van der Waals surface area contributed by atoms with Crippen LogP contribution in [0.2, 0.25) is 0 Å². The predicted molar refractivity (Wildman–Crippen MR) is 66.4 cm³/mol. The fourth-order valence-corrected chi connectivity index (χ4v) is 1.80. The maximum atomic E-state index is 10.8. The van der Waals surface area contributed by atoms with E-state index in [-0.39, 0.29) is 24.8 Å². The van der Waals surface area contributed by atoms with Crippen molar-refractivity contribution in [2.45, 2.75) is 38.9 Å². The molecule has 1 aliphatic rings. The van der Waals surface area contributed by atoms with E-state index in [0.29, 0.717) is 0 Å². The van der Waals surface area contributed by atoms with Crippen molar-refractivity contribution in [2.75, 3.05) is 7.11 Å². The molecule has 5 heteroatoms. The molecule has 0 aliphatic carbocycles. The van der Waals surface area contributed by atoms with Crippen molar-refractivity contribution in [3.8, 4) is 0 Å². The number of hydrogen-bond donors (Lipinski definition) is 0. The van der Waals surface area contributed by atoms with Crippen molar-refractivity contribution >= 4 is 13.1 Å². The highest BCUT2D eigenvalue weighted by molar-refractivity contribution is 6.51. The molecule has 1 atom stereocenters. The summed E-state index contributed by atoms with van der Waals surface area (Å²) in [6, 6.07) is 0. The lowest BCUT2D eigenvalue weighted by molar-refractivity contribution is -0.134. The van der Waals surface area contributed by atoms with Gasteiger partial charge in [-0.1, -0.05) is 18.1 Å². The summed E-state index contributed by atoms with van der Waals surface area (Å²) < 4.78 is 15.8. The highest BCUT2D eigenvalue weighted by Crippen LogP contribution is 2.25. The third-order valence-electron chi connectivity index (χ3n) is 2.39. The van der Waals surface area contributed by atoms with Crippen molar-refractivity contribution in [2.24, 2.45) is 0 Å². The predicted octanol–water partition coefficient (Wildman–Crippen LogP) is 1.90. The van der Waals surface area contributed by atoms with Gasteiger partial charge in [0.05, 0.1) is 12.7 Å². The van der Waals surface area contributed by atoms with Gasteiger partial charge in [-0.25, -0.2) is 4.79 Å². The molecule has 1 heterocycles. The second-order valence-corrected chi connectivity index (χ2v) is 4.66. The summed E-state index contributed by atoms with van der Waals surface area (Å²) >= 11 is 0. The van der Waals surface area contributed by atoms with E-state index in [9.17, 15) is 4.79 Å². The van der Waals surface area contributed by atoms with Gasteiger partial charge in [0.25, 0.3) is 0 Å². The van der Waals surface area contributed by atoms with Crippen LogP contribution < -0.4 is 0 Å². The van der Waals surface area contributed by atoms with E-state index in [0.717, 1.165) is 6.42 Å². The molecule has 94 valence electrons. The van der Waals surface area contributed by atoms with Crippen LogP contribution in [0.1, 0.15) is 27.2 Å². The Morgan fingerprint density at radius 1 is 1.47 bits per heavy atom. The van der Waals surface area contributed by atoms with Crippen LogP contribution in [0.15, 0.2) is 24.2 Å². The lowest BCUT2D eigenvalue weighted by Crippen LogP contribution is -2.45. The van der Waals surface area contributed by atoms with Crippen LogP contribution in [0, 0.1) is 0 Å². The zero-order chi connectivity index (χ0) is 12.9. The molecule has 0 amide bonds. The number of carbonyl (C=O) groups is 1. The molecule has 0 spiro atoms. The van der Waals surface area contributed by atoms with Crippen LogP contribution in [0.25, 0.3) is 0 Å². The monoisotopic (exact) mass is 238 g/mol. The summed E-state index contributed by atoms with van der Waals surface area (Å²) in [4.78, 5) is 10.8. The Morgan fingerprint density at radius 2 is 2.18 bits per heavy atom. The Balaban J connectivity index is 2.48. The molecule has 0 aromatic heterocycles. The van der Waals surface area contributed by atoms with Gasteiger partial charge in [-0.05, 0) is 27.2 Å². The van der Waals surface area contributed by atoms with E-state index in [1.54, 1.807) is 18.1 Å². The molecule has 1 fully saturated rings. The molecule has 1 saturated heterocycles. The average Bonchev–Trinajstić information content (AvgIpc) is 2.21. The number of hydrogen-bond acceptors (Lipinski definition) is 4. The SMILES string of the molecule is COC(=O)/C=C/C=C/B1OC(C)CC(C)(C)O1. The first-order chi connectivity index (χ1) is 7.93. The van der Waals surface area contributed by atoms with Crippen LogP contribution in [-0.4, -0.2) is 31.9 Å². The molecule has 0 saturated carbocycles. The van der Waals surface area contributed by atoms with Gasteiger partial charge in [-0.15, -0.1) is 0 Å². The maximum Gasteiger partial charge on any atom is 0.486 e. The number of ether oxygens (including phenoxy) is 1. The second kappa shape index (κ2) is 6.03. The van der Waals surface area contributed by atoms with Crippen LogP contribution in [0.3, 0.4) is 0 Å². The van der Waals surface area contributed by atoms with Crippen molar-refractivity contribution in [3.05, 3.63) is 24.2 Å². The first-order valence-electron chi connectivity index (χ1n) is 5.69. The van der Waals surface area contributed by atoms with Crippen LogP contribution in [-0.2, 0) is 18.8 Å². The topological polar surface area (TPSA) is 44.8 Å². The van der Waals surface area contributed by atoms with Crippen molar-refractivity contribution in [3.63, 3.8) is 0 Å². The van der Waals surface area contributed by atoms with Crippen molar-refractivity contribution in [1.29, 1.82) is 0 Å². The first kappa shape index (κ1) is 14.0. The van der Waals surface area contributed by atoms with Crippen LogP contribution >= 0.6 is 0 Å². The number of allylic oxidation sites excluding steroid dienone is 2. The largest absolute Gasteiger partial charge is 0.486 e. The van der Waals surface area contributed by atoms with Crippen LogP contribution in [0.4, 0.5) is 0 Å². The zero-order valence-electron chi connectivity index (χ0n) is 10.8. The molecule has 1 unspecified atom stereocenters. The minimum absolute atomic E-state index is 0.165. The van der Waals surface area contributed by atoms with E-state index >= 15 is 0 Å². The molecule has 4 nitrogen and oxygen atoms in total. The molecule has 0 bridgehead atoms. The third-order valence-corrected chi connectivity index (χ3v) is 2.39. The molecule has 17 heavy (non-hydrogen) atoms. The van der Waals surface area contributed by atoms with E-state index in [1.165, 1.54) is 13.2 Å². The highest BCUT2D eigenvalue weighted by atomic mass is 16.6. The summed E-state index contributed by atoms with van der Waals surface area (Å²) in [7, 11) is 0.976. The minimum atomic E-state index is -0.381. The molecular weight excluding hydrogens is 219 g/mol. The first-order valence-corrected chi connectivity index (χ1v) is 5.69. The van der Waals surface area contributed by atoms with Gasteiger partial charge >= 0.3 is 13.1 Å². The van der Waals surface area contributed by atoms with E-state index in [2.05, 4.69) is 4.74 Å². The standard InChI is InChI=1S/C12H19BO4/c1-10-9-12(2,3)17-13(16-10)8-6-5-7-11(14)15-4/h5-8,10H,9H2,1-4H3/b7-5+,8-6+. The number of rotatable bonds is 3. The third kappa shape index (κ3) is 5.19. The van der Waals surface area contributed by atoms with Gasteiger partial charge in [0.15, 0.2) is 0 Å². The van der Waals surface area contributed by atoms with E-state index in [4.69, 9.17) is 9.31 Å². The summed E-state index contributed by atoms with van der Waals surface area (Å²) in [5.74, 6) is 1.39. The van der Waals surface area contributed by atoms with Crippen molar-refractivity contribution < 1.29 is 18.8 Å². The van der Waals surface area contributed by atoms with Gasteiger partial charge in [-0.2, -0.15) is 0 Å². The molecule has 0 aromatic rings. The van der Waals surface area contributed by atoms with E-state index < -0.39 is 0 Å². The summed E-state index contributed by atoms with van der Waals surface area (Å²) in [6.07, 6.45) is 5.70. The quantitative estimate of drug-likeness (QED) is 0.326. The van der Waals surface area contributed by atoms with Crippen LogP contribution in [0.5, 0.6) is 0 Å². The van der Waals surface area contributed by atoms with Gasteiger partial charge in [-0.3, -0.25) is 0 Å². The Labute approximate surface area is 103 Å². The number of carbonyl (C=O) groups excluding carboxylic acids is 1.